The minimum absolute atomic E-state index is 0.421. The molecular weight excluding hydrogens is 120 g/mol. The summed E-state index contributed by atoms with van der Waals surface area (Å²) in [6.07, 6.45) is 8.32. The fourth-order valence-electron chi connectivity index (χ4n) is 1.16. The summed E-state index contributed by atoms with van der Waals surface area (Å²) in [7, 11) is 0. The molecule has 0 heterocycles. The highest BCUT2D eigenvalue weighted by Crippen LogP contribution is 2.23. The van der Waals surface area contributed by atoms with E-state index in [1.165, 1.54) is 12.8 Å². The van der Waals surface area contributed by atoms with E-state index in [9.17, 15) is 0 Å². The largest absolute Gasteiger partial charge is 0.0883 e. The third-order valence-corrected chi connectivity index (χ3v) is 1.70. The van der Waals surface area contributed by atoms with Crippen LogP contribution in [0.15, 0.2) is 12.2 Å². The van der Waals surface area contributed by atoms with E-state index >= 15 is 0 Å². The van der Waals surface area contributed by atoms with Crippen molar-refractivity contribution in [3.8, 4) is 0 Å². The van der Waals surface area contributed by atoms with Gasteiger partial charge in [0, 0.05) is 0 Å². The van der Waals surface area contributed by atoms with E-state index in [1.54, 1.807) is 0 Å². The predicted molar refractivity (Wildman–Crippen MR) is 48.1 cm³/mol. The Morgan fingerprint density at radius 2 is 1.80 bits per heavy atom. The predicted octanol–water partition coefficient (Wildman–Crippen LogP) is 3.78. The third-order valence-electron chi connectivity index (χ3n) is 1.70. The van der Waals surface area contributed by atoms with Gasteiger partial charge in [-0.3, -0.25) is 0 Å². The SMILES string of the molecule is CCC=CC(C)(C)CCC. The Labute approximate surface area is 65.3 Å². The fourth-order valence-corrected chi connectivity index (χ4v) is 1.16. The number of hydrogen-bond acceptors (Lipinski definition) is 0. The van der Waals surface area contributed by atoms with Crippen molar-refractivity contribution >= 4 is 0 Å². The van der Waals surface area contributed by atoms with Gasteiger partial charge < -0.3 is 0 Å². The lowest BCUT2D eigenvalue weighted by Crippen LogP contribution is -2.05. The standard InChI is InChI=1S/C10H20/c1-5-7-9-10(3,4)8-6-2/h7,9H,5-6,8H2,1-4H3. The van der Waals surface area contributed by atoms with Gasteiger partial charge in [0.25, 0.3) is 0 Å². The van der Waals surface area contributed by atoms with Crippen molar-refractivity contribution in [1.82, 2.24) is 0 Å². The number of rotatable bonds is 4. The second kappa shape index (κ2) is 4.54. The molecule has 0 N–H and O–H groups in total. The Kier molecular flexibility index (Phi) is 4.42. The second-order valence-electron chi connectivity index (χ2n) is 3.55. The summed E-state index contributed by atoms with van der Waals surface area (Å²) in [5, 5.41) is 0. The van der Waals surface area contributed by atoms with Crippen LogP contribution in [0, 0.1) is 5.41 Å². The molecule has 0 amide bonds. The van der Waals surface area contributed by atoms with Crippen LogP contribution in [0.25, 0.3) is 0 Å². The molecule has 0 spiro atoms. The van der Waals surface area contributed by atoms with Crippen molar-refractivity contribution in [1.29, 1.82) is 0 Å². The molecule has 0 fully saturated rings. The monoisotopic (exact) mass is 140 g/mol. The average molecular weight is 140 g/mol. The van der Waals surface area contributed by atoms with E-state index in [2.05, 4.69) is 39.8 Å². The highest BCUT2D eigenvalue weighted by atomic mass is 14.2. The maximum Gasteiger partial charge on any atom is -0.0175 e. The molecule has 0 aliphatic carbocycles. The Balaban J connectivity index is 3.73. The van der Waals surface area contributed by atoms with E-state index < -0.39 is 0 Å². The molecule has 0 aromatic carbocycles. The van der Waals surface area contributed by atoms with Crippen molar-refractivity contribution in [2.24, 2.45) is 5.41 Å². The Hall–Kier alpha value is -0.260. The van der Waals surface area contributed by atoms with Gasteiger partial charge >= 0.3 is 0 Å². The van der Waals surface area contributed by atoms with Crippen LogP contribution in [0.5, 0.6) is 0 Å². The number of allylic oxidation sites excluding steroid dienone is 2. The molecule has 0 aliphatic heterocycles. The molecule has 0 rings (SSSR count). The third kappa shape index (κ3) is 4.60. The molecule has 60 valence electrons. The van der Waals surface area contributed by atoms with E-state index in [-0.39, 0.29) is 0 Å². The fraction of sp³-hybridized carbons (Fsp3) is 0.800. The van der Waals surface area contributed by atoms with Gasteiger partial charge in [-0.25, -0.2) is 0 Å². The van der Waals surface area contributed by atoms with Crippen LogP contribution in [-0.2, 0) is 0 Å². The molecule has 0 aromatic heterocycles. The number of hydrogen-bond donors (Lipinski definition) is 0. The first-order valence-electron chi connectivity index (χ1n) is 4.30. The van der Waals surface area contributed by atoms with Gasteiger partial charge in [-0.15, -0.1) is 0 Å². The summed E-state index contributed by atoms with van der Waals surface area (Å²) in [6, 6.07) is 0. The van der Waals surface area contributed by atoms with Crippen LogP contribution < -0.4 is 0 Å². The Morgan fingerprint density at radius 1 is 1.20 bits per heavy atom. The molecule has 0 heteroatoms. The maximum atomic E-state index is 2.33. The summed E-state index contributed by atoms with van der Waals surface area (Å²) < 4.78 is 0. The molecule has 0 unspecified atom stereocenters. The molecule has 10 heavy (non-hydrogen) atoms. The molecule has 0 bridgehead atoms. The molecule has 0 saturated heterocycles. The molecular formula is C10H20. The van der Waals surface area contributed by atoms with Gasteiger partial charge in [-0.1, -0.05) is 46.3 Å². The van der Waals surface area contributed by atoms with Crippen LogP contribution in [0.4, 0.5) is 0 Å². The van der Waals surface area contributed by atoms with E-state index in [0.717, 1.165) is 6.42 Å². The smallest absolute Gasteiger partial charge is 0.0175 e. The van der Waals surface area contributed by atoms with Crippen LogP contribution in [0.3, 0.4) is 0 Å². The van der Waals surface area contributed by atoms with Crippen molar-refractivity contribution < 1.29 is 0 Å². The Morgan fingerprint density at radius 3 is 2.20 bits per heavy atom. The van der Waals surface area contributed by atoms with Crippen molar-refractivity contribution in [2.75, 3.05) is 0 Å². The lowest BCUT2D eigenvalue weighted by Gasteiger charge is -2.18. The van der Waals surface area contributed by atoms with Crippen LogP contribution in [-0.4, -0.2) is 0 Å². The minimum Gasteiger partial charge on any atom is -0.0883 e. The molecule has 0 saturated carbocycles. The first-order valence-corrected chi connectivity index (χ1v) is 4.30. The van der Waals surface area contributed by atoms with Crippen LogP contribution >= 0.6 is 0 Å². The summed E-state index contributed by atoms with van der Waals surface area (Å²) in [6.45, 7) is 9.01. The second-order valence-corrected chi connectivity index (χ2v) is 3.55. The topological polar surface area (TPSA) is 0 Å². The van der Waals surface area contributed by atoms with Gasteiger partial charge in [-0.05, 0) is 18.3 Å². The lowest BCUT2D eigenvalue weighted by atomic mass is 9.87. The molecule has 0 nitrogen and oxygen atoms in total. The van der Waals surface area contributed by atoms with Crippen molar-refractivity contribution in [3.63, 3.8) is 0 Å². The molecule has 0 radical (unpaired) electrons. The Bertz CT molecular complexity index is 98.6. The molecule has 0 atom stereocenters. The van der Waals surface area contributed by atoms with Crippen molar-refractivity contribution in [3.05, 3.63) is 12.2 Å². The highest BCUT2D eigenvalue weighted by molar-refractivity contribution is 4.93. The lowest BCUT2D eigenvalue weighted by molar-refractivity contribution is 0.431. The summed E-state index contributed by atoms with van der Waals surface area (Å²) in [5.74, 6) is 0. The van der Waals surface area contributed by atoms with Gasteiger partial charge in [0.1, 0.15) is 0 Å². The van der Waals surface area contributed by atoms with E-state index in [0.29, 0.717) is 5.41 Å². The summed E-state index contributed by atoms with van der Waals surface area (Å²) >= 11 is 0. The average Bonchev–Trinajstić information content (AvgIpc) is 1.84. The van der Waals surface area contributed by atoms with E-state index in [4.69, 9.17) is 0 Å². The zero-order valence-corrected chi connectivity index (χ0v) is 7.78. The summed E-state index contributed by atoms with van der Waals surface area (Å²) in [4.78, 5) is 0. The summed E-state index contributed by atoms with van der Waals surface area (Å²) in [5.41, 5.74) is 0.421. The quantitative estimate of drug-likeness (QED) is 0.521. The first kappa shape index (κ1) is 9.74. The molecule has 0 aromatic rings. The van der Waals surface area contributed by atoms with Gasteiger partial charge in [0.2, 0.25) is 0 Å². The maximum absolute atomic E-state index is 2.33. The van der Waals surface area contributed by atoms with Crippen LogP contribution in [0.1, 0.15) is 47.0 Å². The highest BCUT2D eigenvalue weighted by Gasteiger charge is 2.10. The van der Waals surface area contributed by atoms with Gasteiger partial charge in [-0.2, -0.15) is 0 Å². The minimum atomic E-state index is 0.421. The van der Waals surface area contributed by atoms with Crippen molar-refractivity contribution in [2.45, 2.75) is 47.0 Å². The van der Waals surface area contributed by atoms with Gasteiger partial charge in [0.15, 0.2) is 0 Å². The normalized spacial score (nSPS) is 12.8. The molecule has 0 aliphatic rings. The van der Waals surface area contributed by atoms with Crippen LogP contribution in [0.2, 0.25) is 0 Å². The first-order chi connectivity index (χ1) is 4.62. The zero-order chi connectivity index (χ0) is 8.04. The van der Waals surface area contributed by atoms with E-state index in [1.807, 2.05) is 0 Å². The zero-order valence-electron chi connectivity index (χ0n) is 7.78. The van der Waals surface area contributed by atoms with Gasteiger partial charge in [0.05, 0.1) is 0 Å².